The number of piperidine rings is 1. The molecule has 2 aliphatic heterocycles. The van der Waals surface area contributed by atoms with E-state index in [4.69, 9.17) is 29.3 Å². The van der Waals surface area contributed by atoms with Gasteiger partial charge in [-0.15, -0.1) is 0 Å². The van der Waals surface area contributed by atoms with E-state index < -0.39 is 18.0 Å². The number of alkyl halides is 3. The molecule has 38 heavy (non-hydrogen) atoms. The van der Waals surface area contributed by atoms with Gasteiger partial charge >= 0.3 is 12.1 Å². The van der Waals surface area contributed by atoms with Gasteiger partial charge in [0.25, 0.3) is 0 Å². The number of nitrogens with zero attached hydrogens (tertiary/aromatic N) is 4. The van der Waals surface area contributed by atoms with Crippen molar-refractivity contribution in [2.45, 2.75) is 58.0 Å². The molecule has 0 spiro atoms. The first kappa shape index (κ1) is 29.2. The van der Waals surface area contributed by atoms with E-state index in [1.54, 1.807) is 12.1 Å². The van der Waals surface area contributed by atoms with Crippen LogP contribution in [0.4, 0.5) is 29.2 Å². The van der Waals surface area contributed by atoms with E-state index in [-0.39, 0.29) is 17.9 Å². The minimum atomic E-state index is -5.08. The molecule has 9 nitrogen and oxygen atoms in total. The molecule has 4 rings (SSSR count). The number of likely N-dealkylation sites (N-methyl/N-ethyl adjacent to an activating group) is 1. The van der Waals surface area contributed by atoms with Crippen molar-refractivity contribution in [3.05, 3.63) is 35.4 Å². The zero-order valence-electron chi connectivity index (χ0n) is 21.8. The van der Waals surface area contributed by atoms with Gasteiger partial charge in [-0.05, 0) is 33.0 Å². The van der Waals surface area contributed by atoms with Crippen molar-refractivity contribution < 1.29 is 36.9 Å². The summed E-state index contributed by atoms with van der Waals surface area (Å²) in [7, 11) is 3.64. The number of aromatic nitrogens is 2. The highest BCUT2D eigenvalue weighted by molar-refractivity contribution is 5.73. The van der Waals surface area contributed by atoms with Crippen LogP contribution < -0.4 is 19.7 Å². The average molecular weight is 544 g/mol. The van der Waals surface area contributed by atoms with E-state index >= 15 is 0 Å². The maximum absolute atomic E-state index is 14.3. The van der Waals surface area contributed by atoms with Gasteiger partial charge in [-0.1, -0.05) is 0 Å². The van der Waals surface area contributed by atoms with Gasteiger partial charge in [-0.2, -0.15) is 13.2 Å². The van der Waals surface area contributed by atoms with Crippen molar-refractivity contribution >= 4 is 17.6 Å². The van der Waals surface area contributed by atoms with Crippen LogP contribution in [-0.2, 0) is 17.8 Å². The Hall–Kier alpha value is -3.35. The summed E-state index contributed by atoms with van der Waals surface area (Å²) in [5.41, 5.74) is 2.16. The third-order valence-corrected chi connectivity index (χ3v) is 6.02. The number of carboxylic acid groups (broad SMARTS) is 1. The van der Waals surface area contributed by atoms with Gasteiger partial charge in [-0.3, -0.25) is 0 Å². The number of hydrogen-bond acceptors (Lipinski definition) is 8. The second-order valence-corrected chi connectivity index (χ2v) is 9.48. The van der Waals surface area contributed by atoms with E-state index in [9.17, 15) is 17.6 Å². The fourth-order valence-electron chi connectivity index (χ4n) is 4.11. The zero-order chi connectivity index (χ0) is 28.0. The summed E-state index contributed by atoms with van der Waals surface area (Å²) in [6, 6.07) is 4.98. The number of carbonyl (C=O) groups is 1. The van der Waals surface area contributed by atoms with Crippen LogP contribution >= 0.6 is 0 Å². The predicted molar refractivity (Wildman–Crippen MR) is 133 cm³/mol. The van der Waals surface area contributed by atoms with Crippen molar-refractivity contribution in [1.29, 1.82) is 0 Å². The van der Waals surface area contributed by atoms with Gasteiger partial charge in [0.2, 0.25) is 0 Å². The van der Waals surface area contributed by atoms with Crippen molar-refractivity contribution in [3.8, 4) is 11.5 Å². The smallest absolute Gasteiger partial charge is 0.490 e. The highest BCUT2D eigenvalue weighted by Gasteiger charge is 2.38. The molecule has 0 saturated carbocycles. The standard InChI is InChI=1S/C23H32FN5O2.C2HF3O2/c1-15(2)25-22-23(27-20-14-28(3)10-9-19(20)26-22)29-11-7-16(8-12-29)31-21-6-5-17(30-4)13-18(21)24;3-2(4,5)1(6)7/h5-6,13,15-16H,7-12,14H2,1-4H3,(H,25,26);(H,6,7). The number of hydrogen-bond donors (Lipinski definition) is 2. The Morgan fingerprint density at radius 2 is 1.82 bits per heavy atom. The van der Waals surface area contributed by atoms with Crippen LogP contribution in [0.1, 0.15) is 38.1 Å². The molecule has 210 valence electrons. The SMILES string of the molecule is COc1ccc(OC2CCN(c3nc4c(nc3NC(C)C)CCN(C)C4)CC2)c(F)c1.O=C(O)C(F)(F)F. The summed E-state index contributed by atoms with van der Waals surface area (Å²) in [5.74, 6) is -0.613. The number of benzene rings is 1. The largest absolute Gasteiger partial charge is 0.497 e. The minimum Gasteiger partial charge on any atom is -0.497 e. The molecule has 0 unspecified atom stereocenters. The molecule has 2 aromatic rings. The Bertz CT molecular complexity index is 1110. The molecule has 2 aliphatic rings. The number of aliphatic carboxylic acids is 1. The molecule has 1 fully saturated rings. The fraction of sp³-hybridized carbons (Fsp3) is 0.560. The molecule has 0 radical (unpaired) electrons. The van der Waals surface area contributed by atoms with E-state index in [0.29, 0.717) is 5.75 Å². The number of ether oxygens (including phenoxy) is 2. The van der Waals surface area contributed by atoms with E-state index in [1.807, 2.05) is 0 Å². The second kappa shape index (κ2) is 12.5. The topological polar surface area (TPSA) is 100 Å². The van der Waals surface area contributed by atoms with E-state index in [0.717, 1.165) is 68.5 Å². The number of halogens is 4. The maximum Gasteiger partial charge on any atom is 0.490 e. The van der Waals surface area contributed by atoms with Crippen molar-refractivity contribution in [2.75, 3.05) is 44.0 Å². The van der Waals surface area contributed by atoms with Crippen LogP contribution in [0.15, 0.2) is 18.2 Å². The van der Waals surface area contributed by atoms with Crippen molar-refractivity contribution in [1.82, 2.24) is 14.9 Å². The Balaban J connectivity index is 0.000000505. The lowest BCUT2D eigenvalue weighted by molar-refractivity contribution is -0.192. The molecule has 1 saturated heterocycles. The lowest BCUT2D eigenvalue weighted by Gasteiger charge is -2.35. The first-order chi connectivity index (χ1) is 17.9. The van der Waals surface area contributed by atoms with Gasteiger partial charge in [0.15, 0.2) is 23.2 Å². The van der Waals surface area contributed by atoms with Gasteiger partial charge in [0, 0.05) is 57.5 Å². The van der Waals surface area contributed by atoms with Gasteiger partial charge < -0.3 is 29.7 Å². The van der Waals surface area contributed by atoms with Crippen LogP contribution in [0.5, 0.6) is 11.5 Å². The Morgan fingerprint density at radius 1 is 1.16 bits per heavy atom. The lowest BCUT2D eigenvalue weighted by Crippen LogP contribution is -2.40. The Kier molecular flexibility index (Phi) is 9.58. The van der Waals surface area contributed by atoms with Crippen LogP contribution in [0.3, 0.4) is 0 Å². The molecule has 0 aliphatic carbocycles. The number of carboxylic acids is 1. The number of methoxy groups -OCH3 is 1. The molecule has 2 N–H and O–H groups in total. The molecule has 0 amide bonds. The van der Waals surface area contributed by atoms with Gasteiger partial charge in [-0.25, -0.2) is 19.2 Å². The van der Waals surface area contributed by atoms with Crippen LogP contribution in [0.25, 0.3) is 0 Å². The Labute approximate surface area is 218 Å². The first-order valence-corrected chi connectivity index (χ1v) is 12.3. The summed E-state index contributed by atoms with van der Waals surface area (Å²) < 4.78 is 57.0. The molecule has 3 heterocycles. The number of anilines is 2. The van der Waals surface area contributed by atoms with Gasteiger partial charge in [0.05, 0.1) is 18.5 Å². The first-order valence-electron chi connectivity index (χ1n) is 12.3. The van der Waals surface area contributed by atoms with Crippen LogP contribution in [-0.4, -0.2) is 78.1 Å². The monoisotopic (exact) mass is 543 g/mol. The van der Waals surface area contributed by atoms with E-state index in [1.165, 1.54) is 13.2 Å². The fourth-order valence-corrected chi connectivity index (χ4v) is 4.11. The van der Waals surface area contributed by atoms with E-state index in [2.05, 4.69) is 36.0 Å². The molecular weight excluding hydrogens is 510 g/mol. The quantitative estimate of drug-likeness (QED) is 0.522. The predicted octanol–water partition coefficient (Wildman–Crippen LogP) is 4.11. The van der Waals surface area contributed by atoms with Crippen molar-refractivity contribution in [3.63, 3.8) is 0 Å². The third kappa shape index (κ3) is 7.83. The summed E-state index contributed by atoms with van der Waals surface area (Å²) in [6.45, 7) is 7.64. The molecule has 0 bridgehead atoms. The lowest BCUT2D eigenvalue weighted by atomic mass is 10.1. The molecule has 13 heteroatoms. The molecular formula is C25H33F4N5O4. The number of rotatable bonds is 6. The highest BCUT2D eigenvalue weighted by Crippen LogP contribution is 2.31. The minimum absolute atomic E-state index is 0.0302. The number of nitrogens with one attached hydrogen (secondary N) is 1. The maximum atomic E-state index is 14.3. The van der Waals surface area contributed by atoms with Crippen LogP contribution in [0, 0.1) is 5.82 Å². The van der Waals surface area contributed by atoms with Gasteiger partial charge in [0.1, 0.15) is 11.9 Å². The summed E-state index contributed by atoms with van der Waals surface area (Å²) in [4.78, 5) is 23.4. The molecule has 1 aromatic heterocycles. The molecule has 0 atom stereocenters. The Morgan fingerprint density at radius 3 is 2.37 bits per heavy atom. The zero-order valence-corrected chi connectivity index (χ0v) is 21.8. The summed E-state index contributed by atoms with van der Waals surface area (Å²) in [5, 5.41) is 10.6. The van der Waals surface area contributed by atoms with Crippen molar-refractivity contribution in [2.24, 2.45) is 0 Å². The normalized spacial score (nSPS) is 16.4. The second-order valence-electron chi connectivity index (χ2n) is 9.48. The summed E-state index contributed by atoms with van der Waals surface area (Å²) >= 11 is 0. The third-order valence-electron chi connectivity index (χ3n) is 6.02. The van der Waals surface area contributed by atoms with Crippen LogP contribution in [0.2, 0.25) is 0 Å². The summed E-state index contributed by atoms with van der Waals surface area (Å²) in [6.07, 6.45) is -2.59. The average Bonchev–Trinajstić information content (AvgIpc) is 2.85. The number of fused-ring (bicyclic) bond motifs is 1. The molecule has 1 aromatic carbocycles. The highest BCUT2D eigenvalue weighted by atomic mass is 19.4.